The van der Waals surface area contributed by atoms with E-state index in [0.717, 1.165) is 12.1 Å². The minimum Gasteiger partial charge on any atom is -0.479 e. The monoisotopic (exact) mass is 478 g/mol. The standard InChI is InChI=1S/C22H20Cl2N2O4S/c1-3-13-5-7-15(8-6-13)25-22-26-21(28)18(31-22)11-14-9-16(23)20(17(24)10-14)30-12-19(27)29-4-2/h5-11H,3-4,12H2,1-2H3,(H,25,26,28)/b18-11-. The van der Waals surface area contributed by atoms with Crippen LogP contribution in [0.4, 0.5) is 5.69 Å². The summed E-state index contributed by atoms with van der Waals surface area (Å²) >= 11 is 13.7. The van der Waals surface area contributed by atoms with Crippen LogP contribution in [0.3, 0.4) is 0 Å². The van der Waals surface area contributed by atoms with Crippen LogP contribution in [0.5, 0.6) is 5.75 Å². The summed E-state index contributed by atoms with van der Waals surface area (Å²) in [6.07, 6.45) is 2.61. The molecule has 0 unspecified atom stereocenters. The van der Waals surface area contributed by atoms with Crippen molar-refractivity contribution in [2.45, 2.75) is 20.3 Å². The van der Waals surface area contributed by atoms with Crippen LogP contribution in [0.15, 0.2) is 46.3 Å². The van der Waals surface area contributed by atoms with Gasteiger partial charge < -0.3 is 14.8 Å². The smallest absolute Gasteiger partial charge is 0.344 e. The average molecular weight is 479 g/mol. The van der Waals surface area contributed by atoms with Crippen molar-refractivity contribution >= 4 is 63.8 Å². The number of amides is 1. The Hall–Kier alpha value is -2.48. The summed E-state index contributed by atoms with van der Waals surface area (Å²) in [5.41, 5.74) is 2.59. The van der Waals surface area contributed by atoms with Crippen LogP contribution in [-0.4, -0.2) is 30.3 Å². The Balaban J connectivity index is 1.74. The van der Waals surface area contributed by atoms with E-state index < -0.39 is 5.97 Å². The number of amidine groups is 1. The average Bonchev–Trinajstić information content (AvgIpc) is 3.06. The van der Waals surface area contributed by atoms with E-state index in [0.29, 0.717) is 15.6 Å². The summed E-state index contributed by atoms with van der Waals surface area (Å²) in [5.74, 6) is -0.598. The molecule has 0 aromatic heterocycles. The van der Waals surface area contributed by atoms with E-state index in [1.54, 1.807) is 25.1 Å². The molecule has 1 aliphatic heterocycles. The minimum atomic E-state index is -0.518. The number of rotatable bonds is 7. The fourth-order valence-corrected chi connectivity index (χ4v) is 4.14. The van der Waals surface area contributed by atoms with Crippen molar-refractivity contribution in [3.63, 3.8) is 0 Å². The summed E-state index contributed by atoms with van der Waals surface area (Å²) in [6.45, 7) is 3.74. The number of aryl methyl sites for hydroxylation is 1. The molecule has 9 heteroatoms. The van der Waals surface area contributed by atoms with Crippen molar-refractivity contribution in [2.24, 2.45) is 4.99 Å². The van der Waals surface area contributed by atoms with Gasteiger partial charge >= 0.3 is 5.97 Å². The number of thioether (sulfide) groups is 1. The first-order valence-electron chi connectivity index (χ1n) is 9.55. The Labute approximate surface area is 194 Å². The van der Waals surface area contributed by atoms with Gasteiger partial charge in [0, 0.05) is 0 Å². The first-order valence-corrected chi connectivity index (χ1v) is 11.1. The Morgan fingerprint density at radius 1 is 1.16 bits per heavy atom. The van der Waals surface area contributed by atoms with Crippen LogP contribution in [0.25, 0.3) is 6.08 Å². The fourth-order valence-electron chi connectivity index (χ4n) is 2.69. The minimum absolute atomic E-state index is 0.180. The summed E-state index contributed by atoms with van der Waals surface area (Å²) < 4.78 is 10.2. The molecule has 3 rings (SSSR count). The van der Waals surface area contributed by atoms with Crippen molar-refractivity contribution in [3.8, 4) is 5.75 Å². The van der Waals surface area contributed by atoms with Gasteiger partial charge in [0.15, 0.2) is 17.5 Å². The molecule has 1 heterocycles. The number of nitrogens with one attached hydrogen (secondary N) is 1. The second-order valence-electron chi connectivity index (χ2n) is 6.41. The van der Waals surface area contributed by atoms with Crippen LogP contribution in [0.1, 0.15) is 25.0 Å². The molecule has 0 radical (unpaired) electrons. The van der Waals surface area contributed by atoms with Crippen molar-refractivity contribution < 1.29 is 19.1 Å². The molecule has 1 aliphatic rings. The first kappa shape index (κ1) is 23.2. The zero-order valence-corrected chi connectivity index (χ0v) is 19.2. The second-order valence-corrected chi connectivity index (χ2v) is 8.25. The molecule has 31 heavy (non-hydrogen) atoms. The van der Waals surface area contributed by atoms with E-state index in [2.05, 4.69) is 17.2 Å². The number of benzene rings is 2. The number of halogens is 2. The number of aliphatic imine (C=N–C) groups is 1. The van der Waals surface area contributed by atoms with Gasteiger partial charge in [-0.3, -0.25) is 4.79 Å². The topological polar surface area (TPSA) is 77.0 Å². The molecule has 0 atom stereocenters. The van der Waals surface area contributed by atoms with Crippen molar-refractivity contribution in [1.29, 1.82) is 0 Å². The lowest BCUT2D eigenvalue weighted by Gasteiger charge is -2.10. The number of nitrogens with zero attached hydrogens (tertiary/aromatic N) is 1. The molecule has 0 spiro atoms. The quantitative estimate of drug-likeness (QED) is 0.426. The van der Waals surface area contributed by atoms with Gasteiger partial charge in [-0.05, 0) is 66.6 Å². The molecule has 6 nitrogen and oxygen atoms in total. The SMILES string of the molecule is CCOC(=O)COc1c(Cl)cc(/C=C2\SC(=Nc3ccc(CC)cc3)NC2=O)cc1Cl. The molecular weight excluding hydrogens is 459 g/mol. The summed E-state index contributed by atoms with van der Waals surface area (Å²) in [6, 6.07) is 11.0. The van der Waals surface area contributed by atoms with Gasteiger partial charge in [-0.2, -0.15) is 0 Å². The van der Waals surface area contributed by atoms with Gasteiger partial charge in [0.1, 0.15) is 0 Å². The predicted molar refractivity (Wildman–Crippen MR) is 125 cm³/mol. The summed E-state index contributed by atoms with van der Waals surface area (Å²) in [5, 5.41) is 3.68. The molecule has 1 N–H and O–H groups in total. The van der Waals surface area contributed by atoms with Gasteiger partial charge in [0.05, 0.1) is 27.2 Å². The maximum absolute atomic E-state index is 12.3. The van der Waals surface area contributed by atoms with Gasteiger partial charge in [-0.1, -0.05) is 42.3 Å². The van der Waals surface area contributed by atoms with Crippen molar-refractivity contribution in [3.05, 3.63) is 62.5 Å². The number of carbonyl (C=O) groups is 2. The Morgan fingerprint density at radius 3 is 2.45 bits per heavy atom. The highest BCUT2D eigenvalue weighted by Gasteiger charge is 2.24. The molecule has 162 valence electrons. The Kier molecular flexibility index (Phi) is 8.01. The van der Waals surface area contributed by atoms with Gasteiger partial charge in [-0.25, -0.2) is 9.79 Å². The summed E-state index contributed by atoms with van der Waals surface area (Å²) in [7, 11) is 0. The van der Waals surface area contributed by atoms with E-state index in [-0.39, 0.29) is 34.9 Å². The molecule has 0 aliphatic carbocycles. The molecule has 1 amide bonds. The lowest BCUT2D eigenvalue weighted by molar-refractivity contribution is -0.145. The third kappa shape index (κ3) is 6.26. The highest BCUT2D eigenvalue weighted by Crippen LogP contribution is 2.36. The molecular formula is C22H20Cl2N2O4S. The molecule has 0 saturated carbocycles. The highest BCUT2D eigenvalue weighted by atomic mass is 35.5. The van der Waals surface area contributed by atoms with Crippen molar-refractivity contribution in [2.75, 3.05) is 13.2 Å². The number of esters is 1. The lowest BCUT2D eigenvalue weighted by atomic mass is 10.2. The molecule has 0 bridgehead atoms. The van der Waals surface area contributed by atoms with Gasteiger partial charge in [0.2, 0.25) is 0 Å². The number of ether oxygens (including phenoxy) is 2. The zero-order valence-electron chi connectivity index (χ0n) is 16.9. The maximum atomic E-state index is 12.3. The van der Waals surface area contributed by atoms with E-state index >= 15 is 0 Å². The third-order valence-electron chi connectivity index (χ3n) is 4.18. The van der Waals surface area contributed by atoms with Crippen molar-refractivity contribution in [1.82, 2.24) is 5.32 Å². The van der Waals surface area contributed by atoms with Crippen LogP contribution in [-0.2, 0) is 20.7 Å². The molecule has 1 saturated heterocycles. The molecule has 1 fully saturated rings. The Morgan fingerprint density at radius 2 is 1.84 bits per heavy atom. The third-order valence-corrected chi connectivity index (χ3v) is 5.66. The zero-order chi connectivity index (χ0) is 22.4. The number of hydrogen-bond acceptors (Lipinski definition) is 6. The van der Waals surface area contributed by atoms with Gasteiger partial charge in [-0.15, -0.1) is 0 Å². The fraction of sp³-hybridized carbons (Fsp3) is 0.227. The van der Waals surface area contributed by atoms with Crippen LogP contribution in [0.2, 0.25) is 10.0 Å². The Bertz CT molecular complexity index is 1030. The first-order chi connectivity index (χ1) is 14.9. The largest absolute Gasteiger partial charge is 0.479 e. The predicted octanol–water partition coefficient (Wildman–Crippen LogP) is 5.39. The lowest BCUT2D eigenvalue weighted by Crippen LogP contribution is -2.19. The van der Waals surface area contributed by atoms with E-state index in [1.165, 1.54) is 17.3 Å². The number of hydrogen-bond donors (Lipinski definition) is 1. The molecule has 2 aromatic carbocycles. The second kappa shape index (κ2) is 10.7. The molecule has 2 aromatic rings. The summed E-state index contributed by atoms with van der Waals surface area (Å²) in [4.78, 5) is 28.7. The van der Waals surface area contributed by atoms with E-state index in [4.69, 9.17) is 32.7 Å². The normalized spacial score (nSPS) is 15.9. The van der Waals surface area contributed by atoms with E-state index in [1.807, 2.05) is 24.3 Å². The number of carbonyl (C=O) groups excluding carboxylic acids is 2. The highest BCUT2D eigenvalue weighted by molar-refractivity contribution is 8.18. The van der Waals surface area contributed by atoms with Crippen LogP contribution < -0.4 is 10.1 Å². The van der Waals surface area contributed by atoms with Gasteiger partial charge in [0.25, 0.3) is 5.91 Å². The van der Waals surface area contributed by atoms with Crippen LogP contribution in [0, 0.1) is 0 Å². The maximum Gasteiger partial charge on any atom is 0.344 e. The van der Waals surface area contributed by atoms with E-state index in [9.17, 15) is 9.59 Å². The van der Waals surface area contributed by atoms with Crippen LogP contribution >= 0.6 is 35.0 Å².